The minimum Gasteiger partial charge on any atom is -0.491 e. The van der Waals surface area contributed by atoms with Crippen LogP contribution >= 0.6 is 0 Å². The molecule has 1 amide bonds. The highest BCUT2D eigenvalue weighted by Crippen LogP contribution is 2.35. The standard InChI is InChI=1S/C24H37N3O2/c1-17(2)18-4-5-23-22(14-18)25-24(28)15-19-6-12-27(16-20(19)9-13-29-23)21-7-10-26(3)11-8-21/h4-5,14,17,19-21H,6-13,15-16H2,1-3H3,(H,25,28)/t19-,20-/m0/s1. The number of nitrogens with zero attached hydrogens (tertiary/aromatic N) is 2. The van der Waals surface area contributed by atoms with Crippen molar-refractivity contribution < 1.29 is 9.53 Å². The second-order valence-electron chi connectivity index (χ2n) is 9.64. The highest BCUT2D eigenvalue weighted by Gasteiger charge is 2.35. The molecule has 3 heterocycles. The molecule has 0 bridgehead atoms. The number of fused-ring (bicyclic) bond motifs is 2. The second-order valence-corrected chi connectivity index (χ2v) is 9.64. The third kappa shape index (κ3) is 4.95. The van der Waals surface area contributed by atoms with E-state index in [0.29, 0.717) is 30.2 Å². The van der Waals surface area contributed by atoms with Gasteiger partial charge < -0.3 is 15.0 Å². The van der Waals surface area contributed by atoms with E-state index in [9.17, 15) is 4.79 Å². The molecule has 29 heavy (non-hydrogen) atoms. The van der Waals surface area contributed by atoms with Gasteiger partial charge in [0.15, 0.2) is 0 Å². The predicted octanol–water partition coefficient (Wildman–Crippen LogP) is 3.95. The predicted molar refractivity (Wildman–Crippen MR) is 118 cm³/mol. The minimum absolute atomic E-state index is 0.139. The van der Waals surface area contributed by atoms with Gasteiger partial charge in [-0.25, -0.2) is 0 Å². The van der Waals surface area contributed by atoms with Crippen molar-refractivity contribution in [2.75, 3.05) is 45.2 Å². The Bertz CT molecular complexity index is 712. The first-order valence-electron chi connectivity index (χ1n) is 11.5. The topological polar surface area (TPSA) is 44.8 Å². The third-order valence-corrected chi connectivity index (χ3v) is 7.27. The number of anilines is 1. The van der Waals surface area contributed by atoms with Gasteiger partial charge in [0.1, 0.15) is 5.75 Å². The van der Waals surface area contributed by atoms with Crippen molar-refractivity contribution >= 4 is 11.6 Å². The van der Waals surface area contributed by atoms with Crippen molar-refractivity contribution in [1.29, 1.82) is 0 Å². The van der Waals surface area contributed by atoms with Gasteiger partial charge in [-0.1, -0.05) is 19.9 Å². The fraction of sp³-hybridized carbons (Fsp3) is 0.708. The summed E-state index contributed by atoms with van der Waals surface area (Å²) in [6.45, 7) is 9.74. The first kappa shape index (κ1) is 20.7. The molecule has 5 nitrogen and oxygen atoms in total. The van der Waals surface area contributed by atoms with Crippen LogP contribution in [0.5, 0.6) is 5.75 Å². The summed E-state index contributed by atoms with van der Waals surface area (Å²) < 4.78 is 6.15. The summed E-state index contributed by atoms with van der Waals surface area (Å²) in [5, 5.41) is 3.15. The van der Waals surface area contributed by atoms with E-state index in [4.69, 9.17) is 4.74 Å². The smallest absolute Gasteiger partial charge is 0.224 e. The molecular weight excluding hydrogens is 362 g/mol. The third-order valence-electron chi connectivity index (χ3n) is 7.27. The fourth-order valence-corrected chi connectivity index (χ4v) is 5.29. The Morgan fingerprint density at radius 3 is 2.62 bits per heavy atom. The van der Waals surface area contributed by atoms with Crippen molar-refractivity contribution in [1.82, 2.24) is 9.80 Å². The van der Waals surface area contributed by atoms with E-state index in [1.54, 1.807) is 0 Å². The average molecular weight is 400 g/mol. The molecule has 0 saturated carbocycles. The molecule has 3 aliphatic heterocycles. The van der Waals surface area contributed by atoms with E-state index in [1.807, 2.05) is 6.07 Å². The lowest BCUT2D eigenvalue weighted by atomic mass is 9.80. The van der Waals surface area contributed by atoms with Crippen LogP contribution in [-0.2, 0) is 4.79 Å². The van der Waals surface area contributed by atoms with E-state index < -0.39 is 0 Å². The number of piperidine rings is 2. The molecule has 0 aliphatic carbocycles. The maximum Gasteiger partial charge on any atom is 0.224 e. The van der Waals surface area contributed by atoms with Gasteiger partial charge in [-0.2, -0.15) is 0 Å². The molecule has 0 aromatic heterocycles. The lowest BCUT2D eigenvalue weighted by molar-refractivity contribution is -0.118. The molecule has 2 saturated heterocycles. The lowest BCUT2D eigenvalue weighted by Crippen LogP contribution is -2.50. The molecule has 3 aliphatic rings. The molecular formula is C24H37N3O2. The molecule has 1 aromatic rings. The quantitative estimate of drug-likeness (QED) is 0.818. The molecule has 2 fully saturated rings. The van der Waals surface area contributed by atoms with Gasteiger partial charge in [-0.05, 0) is 87.8 Å². The molecule has 0 radical (unpaired) electrons. The van der Waals surface area contributed by atoms with Crippen LogP contribution in [0.2, 0.25) is 0 Å². The van der Waals surface area contributed by atoms with Crippen LogP contribution < -0.4 is 10.1 Å². The SMILES string of the molecule is CC(C)c1ccc2c(c1)NC(=O)C[C@@H]1CCN(C3CCN(C)CC3)C[C@@H]1CCO2. The summed E-state index contributed by atoms with van der Waals surface area (Å²) in [5.74, 6) is 2.40. The minimum atomic E-state index is 0.139. The average Bonchev–Trinajstić information content (AvgIpc) is 2.70. The normalized spacial score (nSPS) is 27.7. The van der Waals surface area contributed by atoms with Crippen LogP contribution in [0, 0.1) is 11.8 Å². The summed E-state index contributed by atoms with van der Waals surface area (Å²) in [6, 6.07) is 6.94. The van der Waals surface area contributed by atoms with Crippen molar-refractivity contribution in [3.05, 3.63) is 23.8 Å². The first-order valence-corrected chi connectivity index (χ1v) is 11.5. The highest BCUT2D eigenvalue weighted by molar-refractivity contribution is 5.92. The fourth-order valence-electron chi connectivity index (χ4n) is 5.29. The monoisotopic (exact) mass is 399 g/mol. The van der Waals surface area contributed by atoms with Crippen molar-refractivity contribution in [3.63, 3.8) is 0 Å². The number of carbonyl (C=O) groups is 1. The molecule has 1 N–H and O–H groups in total. The number of benzene rings is 1. The molecule has 4 rings (SSSR count). The highest BCUT2D eigenvalue weighted by atomic mass is 16.5. The van der Waals surface area contributed by atoms with Gasteiger partial charge in [0.25, 0.3) is 0 Å². The van der Waals surface area contributed by atoms with Crippen LogP contribution in [0.3, 0.4) is 0 Å². The summed E-state index contributed by atoms with van der Waals surface area (Å²) in [5.41, 5.74) is 2.07. The van der Waals surface area contributed by atoms with Crippen molar-refractivity contribution in [2.45, 2.75) is 57.9 Å². The number of amides is 1. The molecule has 2 atom stereocenters. The Hall–Kier alpha value is -1.59. The van der Waals surface area contributed by atoms with Crippen LogP contribution in [0.1, 0.15) is 57.4 Å². The Morgan fingerprint density at radius 2 is 1.86 bits per heavy atom. The van der Waals surface area contributed by atoms with Crippen LogP contribution in [-0.4, -0.2) is 61.6 Å². The number of hydrogen-bond donors (Lipinski definition) is 1. The van der Waals surface area contributed by atoms with E-state index in [1.165, 1.54) is 31.5 Å². The zero-order valence-electron chi connectivity index (χ0n) is 18.3. The van der Waals surface area contributed by atoms with Crippen molar-refractivity contribution in [3.8, 4) is 5.75 Å². The number of ether oxygens (including phenoxy) is 1. The zero-order valence-corrected chi connectivity index (χ0v) is 18.3. The molecule has 0 unspecified atom stereocenters. The van der Waals surface area contributed by atoms with E-state index in [2.05, 4.69) is 48.1 Å². The first-order chi connectivity index (χ1) is 14.0. The summed E-state index contributed by atoms with van der Waals surface area (Å²) in [6.07, 6.45) is 5.35. The maximum absolute atomic E-state index is 12.8. The Balaban J connectivity index is 1.44. The van der Waals surface area contributed by atoms with Crippen LogP contribution in [0.4, 0.5) is 5.69 Å². The van der Waals surface area contributed by atoms with Gasteiger partial charge in [-0.15, -0.1) is 0 Å². The second kappa shape index (κ2) is 9.05. The van der Waals surface area contributed by atoms with Gasteiger partial charge in [0, 0.05) is 19.0 Å². The van der Waals surface area contributed by atoms with Gasteiger partial charge in [-0.3, -0.25) is 9.69 Å². The maximum atomic E-state index is 12.8. The van der Waals surface area contributed by atoms with Gasteiger partial charge in [0.2, 0.25) is 5.91 Å². The Kier molecular flexibility index (Phi) is 6.45. The summed E-state index contributed by atoms with van der Waals surface area (Å²) >= 11 is 0. The summed E-state index contributed by atoms with van der Waals surface area (Å²) in [7, 11) is 2.22. The van der Waals surface area contributed by atoms with E-state index in [-0.39, 0.29) is 5.91 Å². The molecule has 1 aromatic carbocycles. The number of carbonyl (C=O) groups excluding carboxylic acids is 1. The van der Waals surface area contributed by atoms with Gasteiger partial charge >= 0.3 is 0 Å². The van der Waals surface area contributed by atoms with Crippen LogP contribution in [0.25, 0.3) is 0 Å². The van der Waals surface area contributed by atoms with Crippen molar-refractivity contribution in [2.24, 2.45) is 11.8 Å². The van der Waals surface area contributed by atoms with Crippen LogP contribution in [0.15, 0.2) is 18.2 Å². The van der Waals surface area contributed by atoms with Gasteiger partial charge in [0.05, 0.1) is 12.3 Å². The number of rotatable bonds is 2. The molecule has 160 valence electrons. The van der Waals surface area contributed by atoms with E-state index >= 15 is 0 Å². The zero-order chi connectivity index (χ0) is 20.4. The molecule has 0 spiro atoms. The summed E-state index contributed by atoms with van der Waals surface area (Å²) in [4.78, 5) is 18.0. The number of likely N-dealkylation sites (tertiary alicyclic amines) is 2. The number of nitrogens with one attached hydrogen (secondary N) is 1. The van der Waals surface area contributed by atoms with E-state index in [0.717, 1.165) is 44.0 Å². The largest absolute Gasteiger partial charge is 0.491 e. The molecule has 5 heteroatoms. The Labute approximate surface area is 175 Å². The lowest BCUT2D eigenvalue weighted by Gasteiger charge is -2.44. The number of hydrogen-bond acceptors (Lipinski definition) is 4. The Morgan fingerprint density at radius 1 is 1.07 bits per heavy atom.